The monoisotopic (exact) mass is 247 g/mol. The molecule has 0 amide bonds. The van der Waals surface area contributed by atoms with Gasteiger partial charge in [0.25, 0.3) is 5.56 Å². The topological polar surface area (TPSA) is 101 Å². The number of aromatic hydroxyl groups is 1. The maximum absolute atomic E-state index is 11.4. The number of para-hydroxylation sites is 1. The van der Waals surface area contributed by atoms with Gasteiger partial charge in [-0.3, -0.25) is 4.79 Å². The zero-order chi connectivity index (χ0) is 13.1. The second-order valence-electron chi connectivity index (χ2n) is 3.67. The summed E-state index contributed by atoms with van der Waals surface area (Å²) in [6.07, 6.45) is 0.585. The number of benzene rings is 1. The molecular weight excluding hydrogens is 234 g/mol. The Bertz CT molecular complexity index is 622. The van der Waals surface area contributed by atoms with Crippen LogP contribution in [0.25, 0.3) is 0 Å². The summed E-state index contributed by atoms with van der Waals surface area (Å²) in [5.41, 5.74) is 5.46. The van der Waals surface area contributed by atoms with E-state index >= 15 is 0 Å². The molecule has 0 saturated heterocycles. The van der Waals surface area contributed by atoms with Crippen molar-refractivity contribution in [1.82, 2.24) is 9.97 Å². The van der Waals surface area contributed by atoms with Crippen molar-refractivity contribution in [2.45, 2.75) is 13.3 Å². The molecule has 6 heteroatoms. The van der Waals surface area contributed by atoms with E-state index in [0.717, 1.165) is 0 Å². The third-order valence-electron chi connectivity index (χ3n) is 2.36. The molecule has 0 spiro atoms. The Morgan fingerprint density at radius 2 is 2.28 bits per heavy atom. The quantitative estimate of drug-likeness (QED) is 0.562. The summed E-state index contributed by atoms with van der Waals surface area (Å²) in [6, 6.07) is 5.85. The number of aryl methyl sites for hydroxylation is 1. The summed E-state index contributed by atoms with van der Waals surface area (Å²) < 4.78 is 5.40. The lowest BCUT2D eigenvalue weighted by Gasteiger charge is -2.08. The second-order valence-corrected chi connectivity index (χ2v) is 3.67. The van der Waals surface area contributed by atoms with Crippen molar-refractivity contribution in [2.75, 3.05) is 5.73 Å². The molecule has 0 radical (unpaired) electrons. The van der Waals surface area contributed by atoms with E-state index in [9.17, 15) is 9.90 Å². The third kappa shape index (κ3) is 2.42. The number of aromatic amines is 1. The highest BCUT2D eigenvalue weighted by atomic mass is 16.5. The minimum Gasteiger partial charge on any atom is -0.506 e. The molecule has 2 rings (SSSR count). The van der Waals surface area contributed by atoms with Gasteiger partial charge in [0, 0.05) is 6.42 Å². The van der Waals surface area contributed by atoms with Crippen LogP contribution in [0.1, 0.15) is 12.7 Å². The number of hydrogen-bond acceptors (Lipinski definition) is 5. The Kier molecular flexibility index (Phi) is 3.18. The van der Waals surface area contributed by atoms with Gasteiger partial charge in [0.2, 0.25) is 5.88 Å². The first-order valence-corrected chi connectivity index (χ1v) is 5.45. The lowest BCUT2D eigenvalue weighted by Crippen LogP contribution is -2.10. The van der Waals surface area contributed by atoms with Crippen LogP contribution in [0.15, 0.2) is 29.1 Å². The highest BCUT2D eigenvalue weighted by Gasteiger charge is 2.08. The summed E-state index contributed by atoms with van der Waals surface area (Å²) in [4.78, 5) is 18.0. The zero-order valence-corrected chi connectivity index (χ0v) is 9.80. The first-order chi connectivity index (χ1) is 8.60. The Morgan fingerprint density at radius 3 is 3.00 bits per heavy atom. The van der Waals surface area contributed by atoms with Gasteiger partial charge in [0.05, 0.1) is 6.07 Å². The molecule has 1 aromatic carbocycles. The number of nitrogen functional groups attached to an aromatic ring is 1. The Labute approximate surface area is 103 Å². The van der Waals surface area contributed by atoms with Crippen molar-refractivity contribution < 1.29 is 9.84 Å². The predicted octanol–water partition coefficient (Wildman–Crippen LogP) is 1.41. The summed E-state index contributed by atoms with van der Waals surface area (Å²) >= 11 is 0. The average molecular weight is 247 g/mol. The van der Waals surface area contributed by atoms with Crippen molar-refractivity contribution in [3.05, 3.63) is 40.4 Å². The molecule has 2 aromatic rings. The fourth-order valence-electron chi connectivity index (χ4n) is 1.44. The van der Waals surface area contributed by atoms with Gasteiger partial charge in [-0.1, -0.05) is 13.0 Å². The van der Waals surface area contributed by atoms with Gasteiger partial charge in [-0.05, 0) is 12.1 Å². The minimum absolute atomic E-state index is 0.0759. The third-order valence-corrected chi connectivity index (χ3v) is 2.36. The molecule has 1 aromatic heterocycles. The SMILES string of the molecule is CCc1nc(Oc2cccc(O)c2N)cc(=O)[nH]1. The summed E-state index contributed by atoms with van der Waals surface area (Å²) in [5.74, 6) is 0.854. The van der Waals surface area contributed by atoms with Crippen LogP contribution in [-0.2, 0) is 6.42 Å². The Hall–Kier alpha value is -2.50. The normalized spacial score (nSPS) is 10.3. The molecule has 18 heavy (non-hydrogen) atoms. The summed E-state index contributed by atoms with van der Waals surface area (Å²) in [6.45, 7) is 1.87. The number of phenols is 1. The first kappa shape index (κ1) is 12.0. The Balaban J connectivity index is 2.37. The number of hydrogen-bond donors (Lipinski definition) is 3. The van der Waals surface area contributed by atoms with E-state index in [1.54, 1.807) is 12.1 Å². The van der Waals surface area contributed by atoms with Crippen LogP contribution in [0.2, 0.25) is 0 Å². The van der Waals surface area contributed by atoms with Crippen LogP contribution in [0.4, 0.5) is 5.69 Å². The van der Waals surface area contributed by atoms with Gasteiger partial charge in [-0.15, -0.1) is 0 Å². The molecule has 6 nitrogen and oxygen atoms in total. The maximum atomic E-state index is 11.4. The van der Waals surface area contributed by atoms with Crippen molar-refractivity contribution in [1.29, 1.82) is 0 Å². The number of H-pyrrole nitrogens is 1. The van der Waals surface area contributed by atoms with Gasteiger partial charge < -0.3 is 20.6 Å². The molecule has 0 saturated carbocycles. The van der Waals surface area contributed by atoms with Gasteiger partial charge >= 0.3 is 0 Å². The fourth-order valence-corrected chi connectivity index (χ4v) is 1.44. The molecule has 0 unspecified atom stereocenters. The number of aromatic nitrogens is 2. The molecule has 4 N–H and O–H groups in total. The summed E-state index contributed by atoms with van der Waals surface area (Å²) in [5, 5.41) is 9.44. The number of nitrogens with two attached hydrogens (primary N) is 1. The zero-order valence-electron chi connectivity index (χ0n) is 9.80. The minimum atomic E-state index is -0.296. The molecule has 0 aliphatic rings. The summed E-state index contributed by atoms with van der Waals surface area (Å²) in [7, 11) is 0. The van der Waals surface area contributed by atoms with Crippen LogP contribution < -0.4 is 16.0 Å². The van der Waals surface area contributed by atoms with Crippen LogP contribution in [-0.4, -0.2) is 15.1 Å². The largest absolute Gasteiger partial charge is 0.506 e. The smallest absolute Gasteiger partial charge is 0.254 e. The fraction of sp³-hybridized carbons (Fsp3) is 0.167. The van der Waals surface area contributed by atoms with Gasteiger partial charge in [0.15, 0.2) is 5.75 Å². The van der Waals surface area contributed by atoms with Crippen molar-refractivity contribution >= 4 is 5.69 Å². The van der Waals surface area contributed by atoms with Crippen molar-refractivity contribution in [2.24, 2.45) is 0 Å². The van der Waals surface area contributed by atoms with Gasteiger partial charge in [-0.2, -0.15) is 4.98 Å². The average Bonchev–Trinajstić information content (AvgIpc) is 2.34. The number of rotatable bonds is 3. The molecule has 1 heterocycles. The van der Waals surface area contributed by atoms with E-state index in [0.29, 0.717) is 12.2 Å². The maximum Gasteiger partial charge on any atom is 0.254 e. The van der Waals surface area contributed by atoms with Crippen LogP contribution in [0.3, 0.4) is 0 Å². The molecular formula is C12H13N3O3. The van der Waals surface area contributed by atoms with E-state index in [1.807, 2.05) is 6.92 Å². The van der Waals surface area contributed by atoms with Crippen LogP contribution >= 0.6 is 0 Å². The van der Waals surface area contributed by atoms with Crippen LogP contribution in [0, 0.1) is 0 Å². The number of anilines is 1. The van der Waals surface area contributed by atoms with E-state index < -0.39 is 0 Å². The molecule has 0 atom stereocenters. The number of ether oxygens (including phenoxy) is 1. The molecule has 0 bridgehead atoms. The van der Waals surface area contributed by atoms with Gasteiger partial charge in [-0.25, -0.2) is 0 Å². The van der Waals surface area contributed by atoms with Crippen molar-refractivity contribution in [3.8, 4) is 17.4 Å². The number of phenolic OH excluding ortho intramolecular Hbond substituents is 1. The van der Waals surface area contributed by atoms with E-state index in [1.165, 1.54) is 12.1 Å². The Morgan fingerprint density at radius 1 is 1.50 bits per heavy atom. The molecule has 0 fully saturated rings. The predicted molar refractivity (Wildman–Crippen MR) is 66.8 cm³/mol. The number of nitrogens with zero attached hydrogens (tertiary/aromatic N) is 1. The lowest BCUT2D eigenvalue weighted by atomic mass is 10.3. The first-order valence-electron chi connectivity index (χ1n) is 5.45. The van der Waals surface area contributed by atoms with Gasteiger partial charge in [0.1, 0.15) is 17.3 Å². The van der Waals surface area contributed by atoms with E-state index in [2.05, 4.69) is 9.97 Å². The lowest BCUT2D eigenvalue weighted by molar-refractivity contribution is 0.446. The highest BCUT2D eigenvalue weighted by molar-refractivity contribution is 5.62. The van der Waals surface area contributed by atoms with Crippen LogP contribution in [0.5, 0.6) is 17.4 Å². The molecule has 94 valence electrons. The number of nitrogens with one attached hydrogen (secondary N) is 1. The van der Waals surface area contributed by atoms with E-state index in [4.69, 9.17) is 10.5 Å². The molecule has 0 aliphatic heterocycles. The highest BCUT2D eigenvalue weighted by Crippen LogP contribution is 2.32. The molecule has 0 aliphatic carbocycles. The second kappa shape index (κ2) is 4.79. The van der Waals surface area contributed by atoms with E-state index in [-0.39, 0.29) is 28.6 Å². The van der Waals surface area contributed by atoms with Crippen molar-refractivity contribution in [3.63, 3.8) is 0 Å². The standard InChI is InChI=1S/C12H13N3O3/c1-2-9-14-10(17)6-11(15-9)18-8-5-3-4-7(16)12(8)13/h3-6,16H,2,13H2,1H3,(H,14,15,17).